The lowest BCUT2D eigenvalue weighted by Crippen LogP contribution is -2.22. The SMILES string of the molecule is C[C@@H](Sc1nncn1C)C(=O)Nc1ccc2[nH]c(=O)[nH]c2c1. The number of carbonyl (C=O) groups excluding carboxylic acids is 1. The van der Waals surface area contributed by atoms with Gasteiger partial charge in [-0.25, -0.2) is 4.79 Å². The first-order chi connectivity index (χ1) is 10.5. The average molecular weight is 318 g/mol. The summed E-state index contributed by atoms with van der Waals surface area (Å²) in [4.78, 5) is 28.8. The summed E-state index contributed by atoms with van der Waals surface area (Å²) in [5, 5.41) is 10.9. The molecular weight excluding hydrogens is 304 g/mol. The molecule has 3 N–H and O–H groups in total. The van der Waals surface area contributed by atoms with E-state index in [9.17, 15) is 9.59 Å². The number of H-pyrrole nitrogens is 2. The molecule has 9 heteroatoms. The molecule has 114 valence electrons. The Labute approximate surface area is 129 Å². The fraction of sp³-hybridized carbons (Fsp3) is 0.231. The zero-order valence-electron chi connectivity index (χ0n) is 12.0. The number of amides is 1. The molecule has 0 aliphatic heterocycles. The summed E-state index contributed by atoms with van der Waals surface area (Å²) < 4.78 is 1.76. The molecule has 0 unspecified atom stereocenters. The van der Waals surface area contributed by atoms with Gasteiger partial charge < -0.3 is 19.9 Å². The second kappa shape index (κ2) is 5.68. The maximum absolute atomic E-state index is 12.2. The van der Waals surface area contributed by atoms with E-state index in [1.165, 1.54) is 11.8 Å². The van der Waals surface area contributed by atoms with E-state index >= 15 is 0 Å². The van der Waals surface area contributed by atoms with Crippen molar-refractivity contribution in [1.29, 1.82) is 0 Å². The molecule has 2 aromatic heterocycles. The van der Waals surface area contributed by atoms with Gasteiger partial charge in [0.2, 0.25) is 5.91 Å². The normalized spacial score (nSPS) is 12.5. The number of fused-ring (bicyclic) bond motifs is 1. The average Bonchev–Trinajstić information content (AvgIpc) is 3.03. The van der Waals surface area contributed by atoms with Gasteiger partial charge in [0.1, 0.15) is 6.33 Å². The third kappa shape index (κ3) is 2.89. The van der Waals surface area contributed by atoms with Crippen molar-refractivity contribution in [2.24, 2.45) is 7.05 Å². The van der Waals surface area contributed by atoms with Crippen molar-refractivity contribution in [2.75, 3.05) is 5.32 Å². The van der Waals surface area contributed by atoms with E-state index in [-0.39, 0.29) is 16.8 Å². The van der Waals surface area contributed by atoms with Gasteiger partial charge in [0, 0.05) is 12.7 Å². The van der Waals surface area contributed by atoms with E-state index in [0.29, 0.717) is 21.9 Å². The Morgan fingerprint density at radius 3 is 2.86 bits per heavy atom. The molecule has 8 nitrogen and oxygen atoms in total. The number of benzene rings is 1. The number of hydrogen-bond acceptors (Lipinski definition) is 5. The molecular formula is C13H14N6O2S. The monoisotopic (exact) mass is 318 g/mol. The maximum Gasteiger partial charge on any atom is 0.323 e. The highest BCUT2D eigenvalue weighted by molar-refractivity contribution is 8.00. The zero-order valence-corrected chi connectivity index (χ0v) is 12.8. The van der Waals surface area contributed by atoms with Crippen LogP contribution in [-0.2, 0) is 11.8 Å². The minimum Gasteiger partial charge on any atom is -0.325 e. The molecule has 22 heavy (non-hydrogen) atoms. The molecule has 0 saturated carbocycles. The van der Waals surface area contributed by atoms with E-state index in [4.69, 9.17) is 0 Å². The number of thioether (sulfide) groups is 1. The van der Waals surface area contributed by atoms with Gasteiger partial charge in [-0.2, -0.15) is 0 Å². The molecule has 0 aliphatic rings. The van der Waals surface area contributed by atoms with Gasteiger partial charge in [-0.05, 0) is 25.1 Å². The van der Waals surface area contributed by atoms with Crippen LogP contribution in [0, 0.1) is 0 Å². The number of anilines is 1. The smallest absolute Gasteiger partial charge is 0.323 e. The van der Waals surface area contributed by atoms with Gasteiger partial charge in [-0.1, -0.05) is 11.8 Å². The van der Waals surface area contributed by atoms with Crippen molar-refractivity contribution in [1.82, 2.24) is 24.7 Å². The molecule has 0 spiro atoms. The number of aromatic nitrogens is 5. The first-order valence-corrected chi connectivity index (χ1v) is 7.44. The van der Waals surface area contributed by atoms with Crippen LogP contribution < -0.4 is 11.0 Å². The van der Waals surface area contributed by atoms with Gasteiger partial charge in [0.25, 0.3) is 0 Å². The lowest BCUT2D eigenvalue weighted by Gasteiger charge is -2.11. The zero-order chi connectivity index (χ0) is 15.7. The fourth-order valence-electron chi connectivity index (χ4n) is 1.95. The number of nitrogens with zero attached hydrogens (tertiary/aromatic N) is 3. The van der Waals surface area contributed by atoms with E-state index < -0.39 is 0 Å². The van der Waals surface area contributed by atoms with E-state index in [1.54, 1.807) is 36.0 Å². The molecule has 3 rings (SSSR count). The molecule has 0 radical (unpaired) electrons. The number of hydrogen-bond donors (Lipinski definition) is 3. The lowest BCUT2D eigenvalue weighted by atomic mass is 10.2. The second-order valence-corrected chi connectivity index (χ2v) is 6.12. The Morgan fingerprint density at radius 2 is 2.14 bits per heavy atom. The minimum absolute atomic E-state index is 0.148. The van der Waals surface area contributed by atoms with Crippen LogP contribution in [0.25, 0.3) is 11.0 Å². The summed E-state index contributed by atoms with van der Waals surface area (Å²) in [6.45, 7) is 1.80. The molecule has 3 aromatic rings. The Morgan fingerprint density at radius 1 is 1.36 bits per heavy atom. The minimum atomic E-state index is -0.330. The predicted octanol–water partition coefficient (Wildman–Crippen LogP) is 1.10. The summed E-state index contributed by atoms with van der Waals surface area (Å²) in [7, 11) is 1.82. The van der Waals surface area contributed by atoms with E-state index in [0.717, 1.165) is 0 Å². The summed E-state index contributed by atoms with van der Waals surface area (Å²) in [6.07, 6.45) is 1.59. The largest absolute Gasteiger partial charge is 0.325 e. The number of aryl methyl sites for hydroxylation is 1. The van der Waals surface area contributed by atoms with Crippen molar-refractivity contribution < 1.29 is 4.79 Å². The maximum atomic E-state index is 12.2. The number of carbonyl (C=O) groups is 1. The molecule has 1 amide bonds. The number of aromatic amines is 2. The quantitative estimate of drug-likeness (QED) is 0.624. The van der Waals surface area contributed by atoms with Gasteiger partial charge in [-0.3, -0.25) is 4.79 Å². The first kappa shape index (κ1) is 14.4. The molecule has 1 aromatic carbocycles. The highest BCUT2D eigenvalue weighted by Crippen LogP contribution is 2.22. The van der Waals surface area contributed by atoms with Crippen LogP contribution in [0.15, 0.2) is 34.5 Å². The van der Waals surface area contributed by atoms with Crippen LogP contribution in [0.4, 0.5) is 5.69 Å². The second-order valence-electron chi connectivity index (χ2n) is 4.81. The Kier molecular flexibility index (Phi) is 3.72. The van der Waals surface area contributed by atoms with Gasteiger partial charge in [0.05, 0.1) is 16.3 Å². The molecule has 0 fully saturated rings. The van der Waals surface area contributed by atoms with Gasteiger partial charge in [0.15, 0.2) is 5.16 Å². The van der Waals surface area contributed by atoms with Crippen molar-refractivity contribution >= 4 is 34.4 Å². The third-order valence-electron chi connectivity index (χ3n) is 3.10. The standard InChI is InChI=1S/C13H14N6O2S/c1-7(22-13-18-14-6-19(13)2)11(20)15-8-3-4-9-10(5-8)17-12(21)16-9/h3-7H,1-2H3,(H,15,20)(H2,16,17,21)/t7-/m1/s1. The van der Waals surface area contributed by atoms with Crippen LogP contribution in [0.3, 0.4) is 0 Å². The summed E-state index contributed by atoms with van der Waals surface area (Å²) >= 11 is 1.33. The summed E-state index contributed by atoms with van der Waals surface area (Å²) in [5.74, 6) is -0.148. The van der Waals surface area contributed by atoms with Crippen molar-refractivity contribution in [2.45, 2.75) is 17.3 Å². The lowest BCUT2D eigenvalue weighted by molar-refractivity contribution is -0.115. The molecule has 2 heterocycles. The van der Waals surface area contributed by atoms with Crippen LogP contribution in [0.2, 0.25) is 0 Å². The molecule has 1 atom stereocenters. The Balaban J connectivity index is 1.71. The number of imidazole rings is 1. The Bertz CT molecular complexity index is 880. The van der Waals surface area contributed by atoms with Crippen molar-refractivity contribution in [3.05, 3.63) is 35.0 Å². The van der Waals surface area contributed by atoms with Crippen molar-refractivity contribution in [3.63, 3.8) is 0 Å². The fourth-order valence-corrected chi connectivity index (χ4v) is 2.74. The van der Waals surface area contributed by atoms with Gasteiger partial charge >= 0.3 is 5.69 Å². The number of rotatable bonds is 4. The van der Waals surface area contributed by atoms with E-state index in [2.05, 4.69) is 25.5 Å². The van der Waals surface area contributed by atoms with Crippen LogP contribution in [0.5, 0.6) is 0 Å². The molecule has 0 saturated heterocycles. The van der Waals surface area contributed by atoms with E-state index in [1.807, 2.05) is 7.05 Å². The van der Waals surface area contributed by atoms with Crippen LogP contribution in [-0.4, -0.2) is 35.9 Å². The highest BCUT2D eigenvalue weighted by Gasteiger charge is 2.17. The topological polar surface area (TPSA) is 108 Å². The molecule has 0 bridgehead atoms. The van der Waals surface area contributed by atoms with Crippen LogP contribution in [0.1, 0.15) is 6.92 Å². The van der Waals surface area contributed by atoms with Crippen molar-refractivity contribution in [3.8, 4) is 0 Å². The third-order valence-corrected chi connectivity index (χ3v) is 4.25. The Hall–Kier alpha value is -2.55. The van der Waals surface area contributed by atoms with Gasteiger partial charge in [-0.15, -0.1) is 10.2 Å². The number of nitrogens with one attached hydrogen (secondary N) is 3. The summed E-state index contributed by atoms with van der Waals surface area (Å²) in [5.41, 5.74) is 1.70. The van der Waals surface area contributed by atoms with Crippen LogP contribution >= 0.6 is 11.8 Å². The summed E-state index contributed by atoms with van der Waals surface area (Å²) in [6, 6.07) is 5.19. The predicted molar refractivity (Wildman–Crippen MR) is 83.9 cm³/mol. The molecule has 0 aliphatic carbocycles. The highest BCUT2D eigenvalue weighted by atomic mass is 32.2. The first-order valence-electron chi connectivity index (χ1n) is 6.56.